The molecule has 0 spiro atoms. The molecule has 2 aromatic carbocycles. The Morgan fingerprint density at radius 1 is 0.548 bits per heavy atom. The first-order chi connectivity index (χ1) is 13.7. The van der Waals surface area contributed by atoms with Crippen molar-refractivity contribution in [2.24, 2.45) is 0 Å². The normalized spacial score (nSPS) is 13.5. The van der Waals surface area contributed by atoms with Gasteiger partial charge >= 0.3 is 0 Å². The van der Waals surface area contributed by atoms with Gasteiger partial charge in [0.05, 0.1) is 0 Å². The fourth-order valence-corrected chi connectivity index (χ4v) is 4.38. The minimum absolute atomic E-state index is 0.125. The standard InChI is InChI=1S/C29H44O2/c1-26(2,3)20-14-13-19(23(25(20)31)29(10,11)12)15-18-16-21(27(4,5)6)24(30)22(17-18)28(7,8)9/h13-14,16-17,30-31H,15H2,1-12H3. The molecular weight excluding hydrogens is 380 g/mol. The van der Waals surface area contributed by atoms with E-state index in [1.54, 1.807) is 0 Å². The number of benzene rings is 2. The predicted octanol–water partition coefficient (Wildman–Crippen LogP) is 7.88. The lowest BCUT2D eigenvalue weighted by Gasteiger charge is -2.31. The Morgan fingerprint density at radius 3 is 1.32 bits per heavy atom. The topological polar surface area (TPSA) is 40.5 Å². The highest BCUT2D eigenvalue weighted by Gasteiger charge is 2.30. The van der Waals surface area contributed by atoms with Crippen LogP contribution < -0.4 is 0 Å². The molecule has 2 rings (SSSR count). The Labute approximate surface area is 190 Å². The van der Waals surface area contributed by atoms with E-state index in [0.717, 1.165) is 34.2 Å². The van der Waals surface area contributed by atoms with Gasteiger partial charge in [-0.3, -0.25) is 0 Å². The van der Waals surface area contributed by atoms with Crippen molar-refractivity contribution < 1.29 is 10.2 Å². The highest BCUT2D eigenvalue weighted by molar-refractivity contribution is 5.55. The van der Waals surface area contributed by atoms with Crippen LogP contribution >= 0.6 is 0 Å². The van der Waals surface area contributed by atoms with Crippen molar-refractivity contribution in [2.75, 3.05) is 0 Å². The Kier molecular flexibility index (Phi) is 6.42. The van der Waals surface area contributed by atoms with E-state index < -0.39 is 0 Å². The van der Waals surface area contributed by atoms with Gasteiger partial charge < -0.3 is 10.2 Å². The maximum atomic E-state index is 11.3. The van der Waals surface area contributed by atoms with Crippen LogP contribution in [0.4, 0.5) is 0 Å². The summed E-state index contributed by atoms with van der Waals surface area (Å²) in [6.07, 6.45) is 0.719. The molecule has 0 aliphatic rings. The van der Waals surface area contributed by atoms with Gasteiger partial charge in [-0.1, -0.05) is 107 Å². The van der Waals surface area contributed by atoms with E-state index >= 15 is 0 Å². The summed E-state index contributed by atoms with van der Waals surface area (Å²) in [5.41, 5.74) is 5.63. The van der Waals surface area contributed by atoms with Crippen LogP contribution in [0.3, 0.4) is 0 Å². The minimum atomic E-state index is -0.183. The van der Waals surface area contributed by atoms with Gasteiger partial charge in [0, 0.05) is 5.56 Å². The van der Waals surface area contributed by atoms with Gasteiger partial charge in [-0.25, -0.2) is 0 Å². The molecular formula is C29H44O2. The Balaban J connectivity index is 2.75. The molecule has 0 saturated carbocycles. The van der Waals surface area contributed by atoms with Crippen molar-refractivity contribution in [3.05, 3.63) is 57.6 Å². The third-order valence-electron chi connectivity index (χ3n) is 6.00. The molecule has 0 atom stereocenters. The average Bonchev–Trinajstić information content (AvgIpc) is 2.51. The molecule has 2 aromatic rings. The number of phenolic OH excluding ortho intramolecular Hbond substituents is 2. The van der Waals surface area contributed by atoms with Crippen LogP contribution in [0, 0.1) is 0 Å². The van der Waals surface area contributed by atoms with E-state index in [1.165, 1.54) is 5.56 Å². The third-order valence-corrected chi connectivity index (χ3v) is 6.00. The maximum Gasteiger partial charge on any atom is 0.123 e. The number of aromatic hydroxyl groups is 2. The fraction of sp³-hybridized carbons (Fsp3) is 0.586. The molecule has 0 fully saturated rings. The van der Waals surface area contributed by atoms with Gasteiger partial charge in [0.15, 0.2) is 0 Å². The van der Waals surface area contributed by atoms with Crippen molar-refractivity contribution in [3.8, 4) is 11.5 Å². The second-order valence-electron chi connectivity index (χ2n) is 13.2. The van der Waals surface area contributed by atoms with Crippen molar-refractivity contribution in [1.29, 1.82) is 0 Å². The van der Waals surface area contributed by atoms with Crippen LogP contribution in [0.2, 0.25) is 0 Å². The zero-order valence-corrected chi connectivity index (χ0v) is 21.9. The van der Waals surface area contributed by atoms with Crippen LogP contribution in [-0.4, -0.2) is 10.2 Å². The Hall–Kier alpha value is -1.96. The van der Waals surface area contributed by atoms with Crippen molar-refractivity contribution in [3.63, 3.8) is 0 Å². The van der Waals surface area contributed by atoms with E-state index in [-0.39, 0.29) is 21.7 Å². The van der Waals surface area contributed by atoms with Crippen LogP contribution in [-0.2, 0) is 28.1 Å². The van der Waals surface area contributed by atoms with Gasteiger partial charge in [0.2, 0.25) is 0 Å². The van der Waals surface area contributed by atoms with Gasteiger partial charge in [0.1, 0.15) is 11.5 Å². The Morgan fingerprint density at radius 2 is 0.968 bits per heavy atom. The second-order valence-corrected chi connectivity index (χ2v) is 13.2. The minimum Gasteiger partial charge on any atom is -0.507 e. The lowest BCUT2D eigenvalue weighted by molar-refractivity contribution is 0.420. The smallest absolute Gasteiger partial charge is 0.123 e. The summed E-state index contributed by atoms with van der Waals surface area (Å²) in [6.45, 7) is 25.8. The first-order valence-corrected chi connectivity index (χ1v) is 11.5. The zero-order valence-electron chi connectivity index (χ0n) is 21.9. The van der Waals surface area contributed by atoms with Crippen LogP contribution in [0.1, 0.15) is 116 Å². The highest BCUT2D eigenvalue weighted by Crippen LogP contribution is 2.43. The van der Waals surface area contributed by atoms with Crippen molar-refractivity contribution in [2.45, 2.75) is 111 Å². The van der Waals surface area contributed by atoms with Gasteiger partial charge in [-0.15, -0.1) is 0 Å². The predicted molar refractivity (Wildman–Crippen MR) is 134 cm³/mol. The van der Waals surface area contributed by atoms with Gasteiger partial charge in [-0.05, 0) is 55.9 Å². The highest BCUT2D eigenvalue weighted by atomic mass is 16.3. The van der Waals surface area contributed by atoms with Crippen molar-refractivity contribution in [1.82, 2.24) is 0 Å². The summed E-state index contributed by atoms with van der Waals surface area (Å²) < 4.78 is 0. The quantitative estimate of drug-likeness (QED) is 0.515. The molecule has 0 saturated heterocycles. The van der Waals surface area contributed by atoms with E-state index in [9.17, 15) is 10.2 Å². The molecule has 0 heterocycles. The molecule has 2 nitrogen and oxygen atoms in total. The molecule has 31 heavy (non-hydrogen) atoms. The van der Waals surface area contributed by atoms with Crippen molar-refractivity contribution >= 4 is 0 Å². The SMILES string of the molecule is CC(C)(C)c1cc(Cc2ccc(C(C)(C)C)c(O)c2C(C)(C)C)cc(C(C)(C)C)c1O. The molecule has 2 N–H and O–H groups in total. The third kappa shape index (κ3) is 5.45. The first-order valence-electron chi connectivity index (χ1n) is 11.5. The molecule has 0 radical (unpaired) electrons. The number of rotatable bonds is 2. The largest absolute Gasteiger partial charge is 0.507 e. The van der Waals surface area contributed by atoms with Gasteiger partial charge in [-0.2, -0.15) is 0 Å². The molecule has 0 bridgehead atoms. The summed E-state index contributed by atoms with van der Waals surface area (Å²) in [5, 5.41) is 22.4. The van der Waals surface area contributed by atoms with Crippen LogP contribution in [0.15, 0.2) is 24.3 Å². The van der Waals surface area contributed by atoms with Crippen LogP contribution in [0.25, 0.3) is 0 Å². The first kappa shape index (κ1) is 25.3. The van der Waals surface area contributed by atoms with E-state index in [2.05, 4.69) is 107 Å². The number of hydrogen-bond acceptors (Lipinski definition) is 2. The van der Waals surface area contributed by atoms with Crippen LogP contribution in [0.5, 0.6) is 11.5 Å². The fourth-order valence-electron chi connectivity index (χ4n) is 4.38. The molecule has 0 aliphatic carbocycles. The zero-order chi connectivity index (χ0) is 24.2. The molecule has 0 unspecified atom stereocenters. The maximum absolute atomic E-state index is 11.3. The van der Waals surface area contributed by atoms with E-state index in [4.69, 9.17) is 0 Å². The number of phenols is 2. The summed E-state index contributed by atoms with van der Waals surface area (Å²) >= 11 is 0. The molecule has 172 valence electrons. The summed E-state index contributed by atoms with van der Waals surface area (Å²) in [4.78, 5) is 0. The van der Waals surface area contributed by atoms with Gasteiger partial charge in [0.25, 0.3) is 0 Å². The molecule has 0 aliphatic heterocycles. The summed E-state index contributed by atoms with van der Waals surface area (Å²) in [5.74, 6) is 0.828. The number of hydrogen-bond donors (Lipinski definition) is 2. The summed E-state index contributed by atoms with van der Waals surface area (Å²) in [7, 11) is 0. The Bertz CT molecular complexity index is 917. The van der Waals surface area contributed by atoms with E-state index in [0.29, 0.717) is 11.5 Å². The second kappa shape index (κ2) is 7.87. The van der Waals surface area contributed by atoms with E-state index in [1.807, 2.05) is 0 Å². The monoisotopic (exact) mass is 424 g/mol. The lowest BCUT2D eigenvalue weighted by atomic mass is 9.75. The molecule has 0 amide bonds. The molecule has 0 aromatic heterocycles. The summed E-state index contributed by atoms with van der Waals surface area (Å²) in [6, 6.07) is 8.55. The average molecular weight is 425 g/mol. The molecule has 2 heteroatoms. The lowest BCUT2D eigenvalue weighted by Crippen LogP contribution is -2.20.